The minimum absolute atomic E-state index is 0.102. The summed E-state index contributed by atoms with van der Waals surface area (Å²) in [6, 6.07) is 8.19. The van der Waals surface area contributed by atoms with Gasteiger partial charge in [0, 0.05) is 5.02 Å². The van der Waals surface area contributed by atoms with E-state index >= 15 is 0 Å². The Labute approximate surface area is 189 Å². The maximum absolute atomic E-state index is 12.3. The molecule has 1 aliphatic heterocycles. The van der Waals surface area contributed by atoms with Crippen LogP contribution in [-0.2, 0) is 9.53 Å². The van der Waals surface area contributed by atoms with Gasteiger partial charge in [-0.25, -0.2) is 9.79 Å². The van der Waals surface area contributed by atoms with Crippen LogP contribution in [0.3, 0.4) is 0 Å². The second kappa shape index (κ2) is 9.56. The zero-order valence-corrected chi connectivity index (χ0v) is 18.6. The van der Waals surface area contributed by atoms with Gasteiger partial charge < -0.3 is 14.2 Å². The van der Waals surface area contributed by atoms with Crippen molar-refractivity contribution in [3.63, 3.8) is 0 Å². The molecule has 0 aliphatic carbocycles. The lowest BCUT2D eigenvalue weighted by molar-refractivity contribution is -0.129. The third-order valence-corrected chi connectivity index (χ3v) is 4.71. The van der Waals surface area contributed by atoms with E-state index in [0.29, 0.717) is 50.9 Å². The number of nitrogens with zero attached hydrogens (tertiary/aromatic N) is 1. The zero-order chi connectivity index (χ0) is 21.8. The van der Waals surface area contributed by atoms with Gasteiger partial charge in [0.2, 0.25) is 5.90 Å². The maximum Gasteiger partial charge on any atom is 0.363 e. The van der Waals surface area contributed by atoms with E-state index in [9.17, 15) is 4.79 Å². The highest BCUT2D eigenvalue weighted by Crippen LogP contribution is 2.38. The van der Waals surface area contributed by atoms with Crippen molar-refractivity contribution in [2.45, 2.75) is 13.8 Å². The SMILES string of the molecule is C=C(C)COc1c(Cl)cc(/C=C2\N=C(c3ccc(Cl)cc3Cl)OC2=O)cc1OCC. The lowest BCUT2D eigenvalue weighted by Gasteiger charge is -2.14. The molecule has 156 valence electrons. The molecular weight excluding hydrogens is 449 g/mol. The molecule has 0 radical (unpaired) electrons. The smallest absolute Gasteiger partial charge is 0.363 e. The van der Waals surface area contributed by atoms with Gasteiger partial charge in [-0.1, -0.05) is 41.4 Å². The van der Waals surface area contributed by atoms with Gasteiger partial charge in [0.05, 0.1) is 22.2 Å². The molecule has 0 bridgehead atoms. The molecule has 5 nitrogen and oxygen atoms in total. The van der Waals surface area contributed by atoms with Crippen LogP contribution < -0.4 is 9.47 Å². The molecule has 0 spiro atoms. The van der Waals surface area contributed by atoms with Crippen molar-refractivity contribution in [2.24, 2.45) is 4.99 Å². The molecule has 2 aromatic rings. The van der Waals surface area contributed by atoms with Crippen molar-refractivity contribution >= 4 is 52.7 Å². The highest BCUT2D eigenvalue weighted by Gasteiger charge is 2.26. The van der Waals surface area contributed by atoms with Crippen molar-refractivity contribution in [1.29, 1.82) is 0 Å². The van der Waals surface area contributed by atoms with Gasteiger partial charge in [-0.05, 0) is 61.4 Å². The predicted molar refractivity (Wildman–Crippen MR) is 120 cm³/mol. The van der Waals surface area contributed by atoms with Crippen molar-refractivity contribution in [3.05, 3.63) is 74.4 Å². The lowest BCUT2D eigenvalue weighted by Crippen LogP contribution is -2.06. The molecule has 1 heterocycles. The highest BCUT2D eigenvalue weighted by molar-refractivity contribution is 6.37. The molecule has 0 unspecified atom stereocenters. The van der Waals surface area contributed by atoms with Crippen LogP contribution in [0.5, 0.6) is 11.5 Å². The maximum atomic E-state index is 12.3. The van der Waals surface area contributed by atoms with Crippen LogP contribution in [0.25, 0.3) is 6.08 Å². The number of benzene rings is 2. The summed E-state index contributed by atoms with van der Waals surface area (Å²) in [5.74, 6) is 0.363. The van der Waals surface area contributed by atoms with Gasteiger partial charge in [0.25, 0.3) is 0 Å². The van der Waals surface area contributed by atoms with Gasteiger partial charge in [-0.3, -0.25) is 0 Å². The quantitative estimate of drug-likeness (QED) is 0.271. The first-order chi connectivity index (χ1) is 14.3. The highest BCUT2D eigenvalue weighted by atomic mass is 35.5. The number of carbonyl (C=O) groups excluding carboxylic acids is 1. The molecule has 8 heteroatoms. The summed E-state index contributed by atoms with van der Waals surface area (Å²) in [7, 11) is 0. The zero-order valence-electron chi connectivity index (χ0n) is 16.3. The molecule has 2 aromatic carbocycles. The first-order valence-electron chi connectivity index (χ1n) is 9.00. The Morgan fingerprint density at radius 1 is 1.17 bits per heavy atom. The van der Waals surface area contributed by atoms with E-state index in [4.69, 9.17) is 49.0 Å². The Morgan fingerprint density at radius 3 is 2.60 bits per heavy atom. The summed E-state index contributed by atoms with van der Waals surface area (Å²) < 4.78 is 16.6. The van der Waals surface area contributed by atoms with Gasteiger partial charge >= 0.3 is 5.97 Å². The van der Waals surface area contributed by atoms with Gasteiger partial charge in [-0.2, -0.15) is 0 Å². The molecule has 30 heavy (non-hydrogen) atoms. The summed E-state index contributed by atoms with van der Waals surface area (Å²) >= 11 is 18.5. The standard InChI is InChI=1S/C22H18Cl3NO4/c1-4-28-19-9-13(7-17(25)20(19)29-11-12(2)3)8-18-22(27)30-21(26-18)15-6-5-14(23)10-16(15)24/h5-10H,2,4,11H2,1,3H3/b18-8-. The van der Waals surface area contributed by atoms with Crippen LogP contribution in [-0.4, -0.2) is 25.1 Å². The normalized spacial score (nSPS) is 14.5. The van der Waals surface area contributed by atoms with Crippen LogP contribution in [0, 0.1) is 0 Å². The Morgan fingerprint density at radius 2 is 1.93 bits per heavy atom. The van der Waals surface area contributed by atoms with Crippen molar-refractivity contribution in [1.82, 2.24) is 0 Å². The second-order valence-corrected chi connectivity index (χ2v) is 7.72. The summed E-state index contributed by atoms with van der Waals surface area (Å²) in [5.41, 5.74) is 2.01. The number of carbonyl (C=O) groups is 1. The third kappa shape index (κ3) is 5.17. The summed E-state index contributed by atoms with van der Waals surface area (Å²) in [6.07, 6.45) is 1.55. The number of aliphatic imine (C=N–C) groups is 1. The number of ether oxygens (including phenoxy) is 3. The Kier molecular flexibility index (Phi) is 7.08. The van der Waals surface area contributed by atoms with Crippen LogP contribution in [0.1, 0.15) is 25.0 Å². The first-order valence-corrected chi connectivity index (χ1v) is 10.1. The monoisotopic (exact) mass is 465 g/mol. The molecule has 0 saturated carbocycles. The molecule has 0 atom stereocenters. The molecule has 0 fully saturated rings. The summed E-state index contributed by atoms with van der Waals surface area (Å²) in [6.45, 7) is 8.23. The molecule has 0 amide bonds. The minimum Gasteiger partial charge on any atom is -0.490 e. The third-order valence-electron chi connectivity index (χ3n) is 3.88. The Bertz CT molecular complexity index is 1080. The molecule has 0 saturated heterocycles. The van der Waals surface area contributed by atoms with Crippen molar-refractivity contribution in [2.75, 3.05) is 13.2 Å². The predicted octanol–water partition coefficient (Wildman–Crippen LogP) is 6.34. The fourth-order valence-electron chi connectivity index (χ4n) is 2.61. The van der Waals surface area contributed by atoms with E-state index in [-0.39, 0.29) is 11.6 Å². The van der Waals surface area contributed by atoms with Crippen molar-refractivity contribution < 1.29 is 19.0 Å². The van der Waals surface area contributed by atoms with Gasteiger partial charge in [0.1, 0.15) is 6.61 Å². The first kappa shape index (κ1) is 22.2. The molecule has 0 aromatic heterocycles. The van der Waals surface area contributed by atoms with E-state index < -0.39 is 5.97 Å². The minimum atomic E-state index is -0.604. The van der Waals surface area contributed by atoms with E-state index in [1.54, 1.807) is 36.4 Å². The number of hydrogen-bond donors (Lipinski definition) is 0. The van der Waals surface area contributed by atoms with E-state index in [2.05, 4.69) is 11.6 Å². The number of hydrogen-bond acceptors (Lipinski definition) is 5. The molecule has 1 aliphatic rings. The summed E-state index contributed by atoms with van der Waals surface area (Å²) in [5, 5.41) is 1.14. The second-order valence-electron chi connectivity index (χ2n) is 6.47. The molecule has 0 N–H and O–H groups in total. The van der Waals surface area contributed by atoms with Crippen molar-refractivity contribution in [3.8, 4) is 11.5 Å². The lowest BCUT2D eigenvalue weighted by atomic mass is 10.1. The van der Waals surface area contributed by atoms with Gasteiger partial charge in [-0.15, -0.1) is 0 Å². The Balaban J connectivity index is 1.96. The number of esters is 1. The van der Waals surface area contributed by atoms with Gasteiger partial charge in [0.15, 0.2) is 17.2 Å². The molecule has 3 rings (SSSR count). The Hall–Kier alpha value is -2.47. The van der Waals surface area contributed by atoms with E-state index in [0.717, 1.165) is 5.57 Å². The number of halogens is 3. The average molecular weight is 467 g/mol. The number of cyclic esters (lactones) is 1. The fraction of sp³-hybridized carbons (Fsp3) is 0.182. The van der Waals surface area contributed by atoms with E-state index in [1.165, 1.54) is 0 Å². The molecular formula is C22H18Cl3NO4. The average Bonchev–Trinajstić information content (AvgIpc) is 3.01. The van der Waals surface area contributed by atoms with Crippen LogP contribution in [0.2, 0.25) is 15.1 Å². The summed E-state index contributed by atoms with van der Waals surface area (Å²) in [4.78, 5) is 16.6. The topological polar surface area (TPSA) is 57.1 Å². The number of rotatable bonds is 7. The fourth-order valence-corrected chi connectivity index (χ4v) is 3.38. The van der Waals surface area contributed by atoms with Crippen LogP contribution in [0.4, 0.5) is 0 Å². The largest absolute Gasteiger partial charge is 0.490 e. The van der Waals surface area contributed by atoms with Crippen LogP contribution >= 0.6 is 34.8 Å². The van der Waals surface area contributed by atoms with E-state index in [1.807, 2.05) is 13.8 Å². The van der Waals surface area contributed by atoms with Crippen LogP contribution in [0.15, 0.2) is 53.2 Å².